The van der Waals surface area contributed by atoms with Crippen molar-refractivity contribution in [2.75, 3.05) is 19.0 Å². The second-order valence-electron chi connectivity index (χ2n) is 17.8. The number of fused-ring (bicyclic) bond motifs is 9. The fourth-order valence-electron chi connectivity index (χ4n) is 9.85. The Morgan fingerprint density at radius 1 is 0.938 bits per heavy atom. The Morgan fingerprint density at radius 3 is 2.48 bits per heavy atom. The van der Waals surface area contributed by atoms with E-state index in [-0.39, 0.29) is 41.6 Å². The number of furan rings is 1. The third-order valence-electron chi connectivity index (χ3n) is 13.6. The first-order valence-electron chi connectivity index (χ1n) is 21.9. The van der Waals surface area contributed by atoms with Gasteiger partial charge in [0.2, 0.25) is 5.78 Å². The summed E-state index contributed by atoms with van der Waals surface area (Å²) in [6.45, 7) is 4.26. The second-order valence-corrected chi connectivity index (χ2v) is 18.2. The summed E-state index contributed by atoms with van der Waals surface area (Å²) >= 11 is 6.38. The SMILES string of the molecule is COc1ccc(NC(=O)N(Cc2cccc3ccccc23)C[C@]2(O)CC[C@H]3c4ccc(cc4C(=O)c4ccc(-c5cc(C(F)(F)F)ccc5Cl)o4)C[C@@H](O)CCC(C)=CCC[C@@]32C)cc1. The van der Waals surface area contributed by atoms with Gasteiger partial charge in [0.05, 0.1) is 35.9 Å². The van der Waals surface area contributed by atoms with Crippen molar-refractivity contribution in [3.05, 3.63) is 166 Å². The van der Waals surface area contributed by atoms with Crippen LogP contribution >= 0.6 is 11.6 Å². The zero-order chi connectivity index (χ0) is 46.1. The van der Waals surface area contributed by atoms with Crippen LogP contribution in [-0.2, 0) is 19.1 Å². The van der Waals surface area contributed by atoms with Crippen molar-refractivity contribution in [1.82, 2.24) is 4.90 Å². The van der Waals surface area contributed by atoms with E-state index in [2.05, 4.69) is 11.4 Å². The first-order chi connectivity index (χ1) is 31.0. The van der Waals surface area contributed by atoms with Gasteiger partial charge in [-0.2, -0.15) is 13.2 Å². The Hall–Kier alpha value is -5.88. The normalized spacial score (nSPS) is 21.3. The highest BCUT2D eigenvalue weighted by Gasteiger charge is 2.58. The van der Waals surface area contributed by atoms with E-state index in [0.717, 1.165) is 45.7 Å². The molecule has 1 fully saturated rings. The molecule has 8 nitrogen and oxygen atoms in total. The zero-order valence-electron chi connectivity index (χ0n) is 36.6. The van der Waals surface area contributed by atoms with Crippen LogP contribution in [0.1, 0.15) is 96.7 Å². The van der Waals surface area contributed by atoms with E-state index in [9.17, 15) is 33.0 Å². The number of carbonyl (C=O) groups is 2. The third kappa shape index (κ3) is 9.60. The van der Waals surface area contributed by atoms with Crippen molar-refractivity contribution >= 4 is 39.9 Å². The van der Waals surface area contributed by atoms with E-state index in [1.165, 1.54) is 12.1 Å². The maximum atomic E-state index is 14.8. The van der Waals surface area contributed by atoms with Crippen molar-refractivity contribution in [2.45, 2.75) is 89.1 Å². The van der Waals surface area contributed by atoms with Crippen LogP contribution < -0.4 is 10.1 Å². The predicted octanol–water partition coefficient (Wildman–Crippen LogP) is 12.8. The summed E-state index contributed by atoms with van der Waals surface area (Å²) in [4.78, 5) is 31.0. The molecule has 338 valence electrons. The molecule has 65 heavy (non-hydrogen) atoms. The Bertz CT molecular complexity index is 2740. The lowest BCUT2D eigenvalue weighted by Gasteiger charge is -2.46. The molecule has 1 heterocycles. The molecule has 2 bridgehead atoms. The van der Waals surface area contributed by atoms with E-state index in [1.807, 2.05) is 68.4 Å². The van der Waals surface area contributed by atoms with Gasteiger partial charge in [-0.05, 0) is 146 Å². The van der Waals surface area contributed by atoms with Crippen molar-refractivity contribution in [3.8, 4) is 17.1 Å². The molecule has 1 aromatic heterocycles. The summed E-state index contributed by atoms with van der Waals surface area (Å²) in [5.74, 6) is -0.344. The minimum absolute atomic E-state index is 0.00107. The lowest BCUT2D eigenvalue weighted by Crippen LogP contribution is -2.54. The number of carbonyl (C=O) groups excluding carboxylic acids is 2. The number of hydrogen-bond donors (Lipinski definition) is 3. The number of ether oxygens (including phenoxy) is 1. The van der Waals surface area contributed by atoms with Crippen molar-refractivity contribution in [3.63, 3.8) is 0 Å². The number of urea groups is 1. The molecule has 0 unspecified atom stereocenters. The van der Waals surface area contributed by atoms with Crippen molar-refractivity contribution < 1.29 is 42.1 Å². The fraction of sp³-hybridized carbons (Fsp3) is 0.321. The average Bonchev–Trinajstić information content (AvgIpc) is 3.87. The maximum Gasteiger partial charge on any atom is 0.416 e. The van der Waals surface area contributed by atoms with Gasteiger partial charge in [-0.25, -0.2) is 4.79 Å². The van der Waals surface area contributed by atoms with Gasteiger partial charge < -0.3 is 29.6 Å². The maximum absolute atomic E-state index is 14.8. The van der Waals surface area contributed by atoms with E-state index >= 15 is 0 Å². The molecule has 3 aliphatic rings. The molecule has 6 aromatic rings. The molecule has 3 aliphatic carbocycles. The highest BCUT2D eigenvalue weighted by molar-refractivity contribution is 6.33. The van der Waals surface area contributed by atoms with Gasteiger partial charge in [0.1, 0.15) is 11.5 Å². The quantitative estimate of drug-likeness (QED) is 0.0984. The van der Waals surface area contributed by atoms with Crippen LogP contribution in [0.3, 0.4) is 0 Å². The lowest BCUT2D eigenvalue weighted by molar-refractivity contribution is -0.137. The Kier molecular flexibility index (Phi) is 13.0. The number of aliphatic hydroxyl groups is 2. The minimum atomic E-state index is -4.62. The van der Waals surface area contributed by atoms with Gasteiger partial charge in [-0.3, -0.25) is 4.79 Å². The van der Waals surface area contributed by atoms with Gasteiger partial charge in [-0.1, -0.05) is 84.8 Å². The predicted molar refractivity (Wildman–Crippen MR) is 247 cm³/mol. The largest absolute Gasteiger partial charge is 0.497 e. The molecule has 0 spiro atoms. The summed E-state index contributed by atoms with van der Waals surface area (Å²) in [7, 11) is 1.57. The molecule has 2 amide bonds. The molecule has 9 rings (SSSR count). The van der Waals surface area contributed by atoms with Gasteiger partial charge >= 0.3 is 12.2 Å². The molecular formula is C53H52ClF3N2O6. The van der Waals surface area contributed by atoms with E-state index in [1.54, 1.807) is 42.3 Å². The number of hydrogen-bond acceptors (Lipinski definition) is 6. The molecule has 3 N–H and O–H groups in total. The fourth-order valence-corrected chi connectivity index (χ4v) is 10.1. The molecular weight excluding hydrogens is 853 g/mol. The third-order valence-corrected chi connectivity index (χ3v) is 14.0. The van der Waals surface area contributed by atoms with Crippen LogP contribution in [-0.4, -0.2) is 52.3 Å². The molecule has 4 atom stereocenters. The summed E-state index contributed by atoms with van der Waals surface area (Å²) < 4.78 is 52.5. The minimum Gasteiger partial charge on any atom is -0.497 e. The number of benzene rings is 5. The number of nitrogens with zero attached hydrogens (tertiary/aromatic N) is 1. The highest BCUT2D eigenvalue weighted by Crippen LogP contribution is 2.59. The van der Waals surface area contributed by atoms with Crippen molar-refractivity contribution in [1.29, 1.82) is 0 Å². The first-order valence-corrected chi connectivity index (χ1v) is 22.3. The Balaban J connectivity index is 1.19. The number of ketones is 1. The zero-order valence-corrected chi connectivity index (χ0v) is 37.3. The summed E-state index contributed by atoms with van der Waals surface area (Å²) in [5.41, 5.74) is 1.03. The van der Waals surface area contributed by atoms with Crippen molar-refractivity contribution in [2.24, 2.45) is 5.41 Å². The summed E-state index contributed by atoms with van der Waals surface area (Å²) in [6.07, 6.45) is 0.195. The van der Waals surface area contributed by atoms with Crippen LogP contribution in [0.2, 0.25) is 5.02 Å². The monoisotopic (exact) mass is 904 g/mol. The van der Waals surface area contributed by atoms with Crippen LogP contribution in [0, 0.1) is 5.41 Å². The number of halogens is 4. The van der Waals surface area contributed by atoms with Gasteiger partial charge in [0.15, 0.2) is 5.76 Å². The number of alkyl halides is 3. The number of allylic oxidation sites excluding steroid dienone is 2. The summed E-state index contributed by atoms with van der Waals surface area (Å²) in [6, 6.07) is 32.0. The number of nitrogens with one attached hydrogen (secondary N) is 1. The van der Waals surface area contributed by atoms with Crippen LogP contribution in [0.15, 0.2) is 131 Å². The second kappa shape index (κ2) is 18.5. The van der Waals surface area contributed by atoms with Gasteiger partial charge in [0, 0.05) is 28.8 Å². The average molecular weight is 905 g/mol. The number of anilines is 1. The van der Waals surface area contributed by atoms with E-state index < -0.39 is 46.6 Å². The Morgan fingerprint density at radius 2 is 1.71 bits per heavy atom. The summed E-state index contributed by atoms with van der Waals surface area (Å²) in [5, 5.41) is 29.6. The number of rotatable bonds is 9. The number of amides is 2. The van der Waals surface area contributed by atoms with E-state index in [0.29, 0.717) is 61.1 Å². The lowest BCUT2D eigenvalue weighted by atomic mass is 9.64. The highest BCUT2D eigenvalue weighted by atomic mass is 35.5. The molecule has 12 heteroatoms. The first kappa shape index (κ1) is 45.7. The topological polar surface area (TPSA) is 112 Å². The van der Waals surface area contributed by atoms with Gasteiger partial charge in [-0.15, -0.1) is 0 Å². The Labute approximate surface area is 381 Å². The van der Waals surface area contributed by atoms with Crippen LogP contribution in [0.4, 0.5) is 23.7 Å². The van der Waals surface area contributed by atoms with Crippen LogP contribution in [0.25, 0.3) is 22.1 Å². The van der Waals surface area contributed by atoms with Crippen LogP contribution in [0.5, 0.6) is 5.75 Å². The smallest absolute Gasteiger partial charge is 0.416 e. The molecule has 5 aromatic carbocycles. The molecule has 0 aliphatic heterocycles. The molecule has 0 saturated heterocycles. The number of aliphatic hydroxyl groups excluding tert-OH is 1. The molecule has 0 radical (unpaired) electrons. The standard InChI is InChI=1S/C53H52ClF3N2O6/c1-33-8-7-26-51(2)45(25-27-52(51,63)32-59(50(62)58-38-16-19-40(64-3)20-17-38)31-36-11-6-10-35-9-4-5-12-41(35)36)42-21-14-34(28-39(60)18-13-33)29-43(42)49(61)48-24-23-47(65-48)44-30-37(53(55,56)57)15-22-46(44)54/h4-6,8-12,14-17,19-24,29-30,39,45,60,63H,7,13,18,25-28,31-32H2,1-3H3,(H,58,62)/t39-,45-,51-,52+/m0/s1. The van der Waals surface area contributed by atoms with E-state index in [4.69, 9.17) is 20.8 Å². The number of methoxy groups -OCH3 is 1. The molecule has 1 saturated carbocycles. The van der Waals surface area contributed by atoms with Gasteiger partial charge in [0.25, 0.3) is 0 Å².